The van der Waals surface area contributed by atoms with Crippen molar-refractivity contribution in [2.24, 2.45) is 5.92 Å². The summed E-state index contributed by atoms with van der Waals surface area (Å²) in [6, 6.07) is 6.29. The molecule has 1 aromatic rings. The van der Waals surface area contributed by atoms with Crippen molar-refractivity contribution < 1.29 is 9.47 Å². The van der Waals surface area contributed by atoms with Crippen LogP contribution in [0.25, 0.3) is 0 Å². The first-order valence-corrected chi connectivity index (χ1v) is 5.93. The highest BCUT2D eigenvalue weighted by Crippen LogP contribution is 2.37. The summed E-state index contributed by atoms with van der Waals surface area (Å²) in [4.78, 5) is 0. The fourth-order valence-electron chi connectivity index (χ4n) is 2.12. The summed E-state index contributed by atoms with van der Waals surface area (Å²) in [5, 5.41) is 9.26. The number of aryl methyl sites for hydroxylation is 1. The normalized spacial score (nSPS) is 15.5. The van der Waals surface area contributed by atoms with E-state index in [2.05, 4.69) is 19.9 Å². The number of fused-ring (bicyclic) bond motifs is 1. The first-order valence-electron chi connectivity index (χ1n) is 5.93. The summed E-state index contributed by atoms with van der Waals surface area (Å²) >= 11 is 0. The Morgan fingerprint density at radius 2 is 1.76 bits per heavy atom. The molecule has 2 rings (SSSR count). The second-order valence-corrected chi connectivity index (χ2v) is 4.70. The third-order valence-electron chi connectivity index (χ3n) is 3.07. The van der Waals surface area contributed by atoms with Gasteiger partial charge < -0.3 is 9.47 Å². The van der Waals surface area contributed by atoms with Gasteiger partial charge in [0, 0.05) is 0 Å². The third-order valence-corrected chi connectivity index (χ3v) is 3.07. The van der Waals surface area contributed by atoms with Crippen LogP contribution in [0.1, 0.15) is 30.9 Å². The number of hydrogen-bond acceptors (Lipinski definition) is 3. The number of nitrogens with zero attached hydrogens (tertiary/aromatic N) is 1. The summed E-state index contributed by atoms with van der Waals surface area (Å²) in [6.45, 7) is 7.31. The predicted molar refractivity (Wildman–Crippen MR) is 65.4 cm³/mol. The molecule has 0 amide bonds. The molecule has 0 N–H and O–H groups in total. The van der Waals surface area contributed by atoms with Gasteiger partial charge in [-0.3, -0.25) is 0 Å². The van der Waals surface area contributed by atoms with Gasteiger partial charge in [0.1, 0.15) is 13.2 Å². The summed E-state index contributed by atoms with van der Waals surface area (Å²) in [5.41, 5.74) is 2.14. The van der Waals surface area contributed by atoms with Gasteiger partial charge in [0.2, 0.25) is 0 Å². The van der Waals surface area contributed by atoms with E-state index in [-0.39, 0.29) is 5.92 Å². The van der Waals surface area contributed by atoms with E-state index in [9.17, 15) is 5.26 Å². The monoisotopic (exact) mass is 231 g/mol. The quantitative estimate of drug-likeness (QED) is 0.785. The highest BCUT2D eigenvalue weighted by molar-refractivity contribution is 5.50. The molecule has 0 saturated carbocycles. The first kappa shape index (κ1) is 11.8. The Hall–Kier alpha value is -1.69. The molecule has 1 heterocycles. The van der Waals surface area contributed by atoms with E-state index < -0.39 is 0 Å². The number of ether oxygens (including phenoxy) is 2. The molecular weight excluding hydrogens is 214 g/mol. The van der Waals surface area contributed by atoms with Crippen LogP contribution < -0.4 is 9.47 Å². The predicted octanol–water partition coefficient (Wildman–Crippen LogP) is 3.03. The lowest BCUT2D eigenvalue weighted by Crippen LogP contribution is -2.16. The van der Waals surface area contributed by atoms with E-state index in [0.717, 1.165) is 22.6 Å². The molecule has 3 heteroatoms. The highest BCUT2D eigenvalue weighted by Gasteiger charge is 2.21. The maximum Gasteiger partial charge on any atom is 0.161 e. The SMILES string of the molecule is Cc1cc2c(cc1C(C#N)C(C)C)OCCO2. The van der Waals surface area contributed by atoms with Gasteiger partial charge >= 0.3 is 0 Å². The Morgan fingerprint density at radius 1 is 1.18 bits per heavy atom. The van der Waals surface area contributed by atoms with E-state index >= 15 is 0 Å². The lowest BCUT2D eigenvalue weighted by molar-refractivity contribution is 0.171. The average molecular weight is 231 g/mol. The fourth-order valence-corrected chi connectivity index (χ4v) is 2.12. The minimum atomic E-state index is -0.0918. The van der Waals surface area contributed by atoms with E-state index in [1.807, 2.05) is 19.1 Å². The van der Waals surface area contributed by atoms with Crippen molar-refractivity contribution in [1.29, 1.82) is 5.26 Å². The molecule has 0 spiro atoms. The van der Waals surface area contributed by atoms with Crippen molar-refractivity contribution in [3.63, 3.8) is 0 Å². The van der Waals surface area contributed by atoms with E-state index in [0.29, 0.717) is 19.1 Å². The molecule has 0 radical (unpaired) electrons. The van der Waals surface area contributed by atoms with E-state index in [4.69, 9.17) is 9.47 Å². The molecule has 1 aromatic carbocycles. The van der Waals surface area contributed by atoms with Crippen LogP contribution in [0.5, 0.6) is 11.5 Å². The number of nitriles is 1. The van der Waals surface area contributed by atoms with Crippen LogP contribution in [0.3, 0.4) is 0 Å². The Balaban J connectivity index is 2.44. The molecular formula is C14H17NO2. The molecule has 1 aliphatic rings. The van der Waals surface area contributed by atoms with Gasteiger partial charge in [-0.05, 0) is 36.1 Å². The van der Waals surface area contributed by atoms with Crippen LogP contribution in [0.4, 0.5) is 0 Å². The number of rotatable bonds is 2. The Labute approximate surface area is 102 Å². The third kappa shape index (κ3) is 2.21. The lowest BCUT2D eigenvalue weighted by Gasteiger charge is -2.22. The van der Waals surface area contributed by atoms with Crippen molar-refractivity contribution in [1.82, 2.24) is 0 Å². The smallest absolute Gasteiger partial charge is 0.161 e. The maximum atomic E-state index is 9.26. The zero-order valence-corrected chi connectivity index (χ0v) is 10.5. The Morgan fingerprint density at radius 3 is 2.29 bits per heavy atom. The molecule has 1 atom stereocenters. The average Bonchev–Trinajstić information content (AvgIpc) is 2.30. The van der Waals surface area contributed by atoms with Crippen LogP contribution in [-0.2, 0) is 0 Å². The van der Waals surface area contributed by atoms with Crippen molar-refractivity contribution in [3.8, 4) is 17.6 Å². The minimum Gasteiger partial charge on any atom is -0.486 e. The Kier molecular flexibility index (Phi) is 3.23. The molecule has 0 fully saturated rings. The number of benzene rings is 1. The molecule has 1 aliphatic heterocycles. The molecule has 3 nitrogen and oxygen atoms in total. The van der Waals surface area contributed by atoms with Crippen LogP contribution in [-0.4, -0.2) is 13.2 Å². The van der Waals surface area contributed by atoms with Crippen LogP contribution in [0.2, 0.25) is 0 Å². The number of hydrogen-bond donors (Lipinski definition) is 0. The molecule has 0 aliphatic carbocycles. The van der Waals surface area contributed by atoms with E-state index in [1.165, 1.54) is 0 Å². The minimum absolute atomic E-state index is 0.0918. The molecule has 0 aromatic heterocycles. The lowest BCUT2D eigenvalue weighted by atomic mass is 9.87. The van der Waals surface area contributed by atoms with Crippen LogP contribution in [0, 0.1) is 24.2 Å². The summed E-state index contributed by atoms with van der Waals surface area (Å²) in [6.07, 6.45) is 0. The van der Waals surface area contributed by atoms with Gasteiger partial charge in [0.05, 0.1) is 12.0 Å². The second kappa shape index (κ2) is 4.67. The summed E-state index contributed by atoms with van der Waals surface area (Å²) in [7, 11) is 0. The molecule has 0 saturated heterocycles. The summed E-state index contributed by atoms with van der Waals surface area (Å²) < 4.78 is 11.1. The molecule has 0 bridgehead atoms. The van der Waals surface area contributed by atoms with E-state index in [1.54, 1.807) is 0 Å². The second-order valence-electron chi connectivity index (χ2n) is 4.70. The van der Waals surface area contributed by atoms with Crippen LogP contribution >= 0.6 is 0 Å². The Bertz CT molecular complexity index is 460. The zero-order chi connectivity index (χ0) is 12.4. The van der Waals surface area contributed by atoms with Crippen molar-refractivity contribution in [3.05, 3.63) is 23.3 Å². The molecule has 17 heavy (non-hydrogen) atoms. The van der Waals surface area contributed by atoms with Gasteiger partial charge in [-0.25, -0.2) is 0 Å². The van der Waals surface area contributed by atoms with Crippen molar-refractivity contribution in [2.45, 2.75) is 26.7 Å². The zero-order valence-electron chi connectivity index (χ0n) is 10.5. The topological polar surface area (TPSA) is 42.2 Å². The summed E-state index contributed by atoms with van der Waals surface area (Å²) in [5.74, 6) is 1.75. The molecule has 1 unspecified atom stereocenters. The standard InChI is InChI=1S/C14H17NO2/c1-9(2)12(8-15)11-7-14-13(6-10(11)3)16-4-5-17-14/h6-7,9,12H,4-5H2,1-3H3. The maximum absolute atomic E-state index is 9.26. The van der Waals surface area contributed by atoms with Gasteiger partial charge in [-0.1, -0.05) is 13.8 Å². The van der Waals surface area contributed by atoms with Crippen LogP contribution in [0.15, 0.2) is 12.1 Å². The highest BCUT2D eigenvalue weighted by atomic mass is 16.6. The van der Waals surface area contributed by atoms with Gasteiger partial charge in [0.25, 0.3) is 0 Å². The fraction of sp³-hybridized carbons (Fsp3) is 0.500. The van der Waals surface area contributed by atoms with Crippen molar-refractivity contribution >= 4 is 0 Å². The van der Waals surface area contributed by atoms with Gasteiger partial charge in [-0.2, -0.15) is 5.26 Å². The van der Waals surface area contributed by atoms with Gasteiger partial charge in [0.15, 0.2) is 11.5 Å². The first-order chi connectivity index (χ1) is 8.13. The molecule has 90 valence electrons. The largest absolute Gasteiger partial charge is 0.486 e. The van der Waals surface area contributed by atoms with Gasteiger partial charge in [-0.15, -0.1) is 0 Å². The van der Waals surface area contributed by atoms with Crippen molar-refractivity contribution in [2.75, 3.05) is 13.2 Å².